The van der Waals surface area contributed by atoms with Crippen molar-refractivity contribution in [3.63, 3.8) is 0 Å². The van der Waals surface area contributed by atoms with Gasteiger partial charge in [0, 0.05) is 12.7 Å². The largest absolute Gasteiger partial charge is 0.326 e. The number of pyridine rings is 1. The van der Waals surface area contributed by atoms with Gasteiger partial charge >= 0.3 is 0 Å². The average Bonchev–Trinajstić information content (AvgIpc) is 2.03. The van der Waals surface area contributed by atoms with Crippen molar-refractivity contribution in [3.05, 3.63) is 36.4 Å². The first-order chi connectivity index (χ1) is 5.24. The number of hydrogen-bond donors (Lipinski definition) is 1. The molecule has 58 valence electrons. The average molecular weight is 152 g/mol. The Balaban J connectivity index is 2.96. The summed E-state index contributed by atoms with van der Waals surface area (Å²) in [7, 11) is 0. The van der Waals surface area contributed by atoms with E-state index in [1.807, 2.05) is 0 Å². The molecule has 1 aromatic heterocycles. The monoisotopic (exact) mass is 152 g/mol. The van der Waals surface area contributed by atoms with Crippen LogP contribution < -0.4 is 5.73 Å². The Morgan fingerprint density at radius 3 is 3.00 bits per heavy atom. The van der Waals surface area contributed by atoms with Crippen LogP contribution in [0.25, 0.3) is 5.57 Å². The fraction of sp³-hybridized carbons (Fsp3) is 0.125. The highest BCUT2D eigenvalue weighted by Gasteiger charge is 1.98. The van der Waals surface area contributed by atoms with E-state index in [-0.39, 0.29) is 5.82 Å². The van der Waals surface area contributed by atoms with Gasteiger partial charge in [-0.25, -0.2) is 4.39 Å². The molecular weight excluding hydrogens is 143 g/mol. The molecule has 0 fully saturated rings. The zero-order valence-electron chi connectivity index (χ0n) is 6.05. The molecular formula is C8H9FN2. The maximum Gasteiger partial charge on any atom is 0.126 e. The van der Waals surface area contributed by atoms with Gasteiger partial charge in [-0.15, -0.1) is 0 Å². The molecule has 11 heavy (non-hydrogen) atoms. The number of hydrogen-bond acceptors (Lipinski definition) is 2. The standard InChI is InChI=1S/C8H9FN2/c1-6(5-10)8-4-7(9)2-3-11-8/h2-4H,1,5,10H2. The van der Waals surface area contributed by atoms with E-state index >= 15 is 0 Å². The summed E-state index contributed by atoms with van der Waals surface area (Å²) >= 11 is 0. The van der Waals surface area contributed by atoms with Crippen molar-refractivity contribution in [2.24, 2.45) is 5.73 Å². The number of aromatic nitrogens is 1. The van der Waals surface area contributed by atoms with Gasteiger partial charge in [0.1, 0.15) is 5.82 Å². The van der Waals surface area contributed by atoms with Gasteiger partial charge in [-0.05, 0) is 17.7 Å². The normalized spacial score (nSPS) is 9.64. The fourth-order valence-electron chi connectivity index (χ4n) is 0.703. The van der Waals surface area contributed by atoms with Crippen LogP contribution in [0.5, 0.6) is 0 Å². The lowest BCUT2D eigenvalue weighted by Gasteiger charge is -1.99. The second-order valence-corrected chi connectivity index (χ2v) is 2.17. The van der Waals surface area contributed by atoms with E-state index in [4.69, 9.17) is 5.73 Å². The second-order valence-electron chi connectivity index (χ2n) is 2.17. The fourth-order valence-corrected chi connectivity index (χ4v) is 0.703. The summed E-state index contributed by atoms with van der Waals surface area (Å²) < 4.78 is 12.5. The van der Waals surface area contributed by atoms with Crippen molar-refractivity contribution in [1.29, 1.82) is 0 Å². The maximum atomic E-state index is 12.5. The third-order valence-corrected chi connectivity index (χ3v) is 1.33. The van der Waals surface area contributed by atoms with Crippen LogP contribution in [0.2, 0.25) is 0 Å². The van der Waals surface area contributed by atoms with Crippen molar-refractivity contribution in [2.45, 2.75) is 0 Å². The molecule has 2 nitrogen and oxygen atoms in total. The van der Waals surface area contributed by atoms with E-state index in [0.717, 1.165) is 0 Å². The molecule has 0 amide bonds. The molecule has 1 rings (SSSR count). The van der Waals surface area contributed by atoms with Gasteiger partial charge in [-0.2, -0.15) is 0 Å². The third kappa shape index (κ3) is 1.85. The van der Waals surface area contributed by atoms with Crippen molar-refractivity contribution < 1.29 is 4.39 Å². The molecule has 0 aliphatic heterocycles. The number of nitrogens with two attached hydrogens (primary N) is 1. The molecule has 0 spiro atoms. The molecule has 0 saturated heterocycles. The molecule has 0 bridgehead atoms. The Morgan fingerprint density at radius 2 is 2.45 bits per heavy atom. The number of rotatable bonds is 2. The Kier molecular flexibility index (Phi) is 2.33. The highest BCUT2D eigenvalue weighted by Crippen LogP contribution is 2.07. The van der Waals surface area contributed by atoms with E-state index < -0.39 is 0 Å². The van der Waals surface area contributed by atoms with Crippen molar-refractivity contribution in [2.75, 3.05) is 6.54 Å². The summed E-state index contributed by atoms with van der Waals surface area (Å²) in [6.07, 6.45) is 1.39. The SMILES string of the molecule is C=C(CN)c1cc(F)ccn1. The summed E-state index contributed by atoms with van der Waals surface area (Å²) in [6.45, 7) is 3.93. The lowest BCUT2D eigenvalue weighted by atomic mass is 10.2. The molecule has 3 heteroatoms. The van der Waals surface area contributed by atoms with Crippen LogP contribution in [-0.4, -0.2) is 11.5 Å². The minimum atomic E-state index is -0.315. The molecule has 0 atom stereocenters. The molecule has 2 N–H and O–H groups in total. The smallest absolute Gasteiger partial charge is 0.126 e. The van der Waals surface area contributed by atoms with Crippen LogP contribution in [-0.2, 0) is 0 Å². The van der Waals surface area contributed by atoms with Gasteiger partial charge in [0.25, 0.3) is 0 Å². The van der Waals surface area contributed by atoms with Gasteiger partial charge in [0.2, 0.25) is 0 Å². The van der Waals surface area contributed by atoms with Gasteiger partial charge in [0.05, 0.1) is 5.69 Å². The minimum Gasteiger partial charge on any atom is -0.326 e. The maximum absolute atomic E-state index is 12.5. The Hall–Kier alpha value is -1.22. The lowest BCUT2D eigenvalue weighted by Crippen LogP contribution is -2.02. The van der Waals surface area contributed by atoms with E-state index in [1.165, 1.54) is 18.3 Å². The van der Waals surface area contributed by atoms with Crippen LogP contribution in [0, 0.1) is 5.82 Å². The van der Waals surface area contributed by atoms with Gasteiger partial charge in [-0.3, -0.25) is 4.98 Å². The molecule has 1 aromatic rings. The minimum absolute atomic E-state index is 0.302. The number of nitrogens with zero attached hydrogens (tertiary/aromatic N) is 1. The molecule has 0 aliphatic carbocycles. The first-order valence-corrected chi connectivity index (χ1v) is 3.24. The van der Waals surface area contributed by atoms with Gasteiger partial charge in [-0.1, -0.05) is 6.58 Å². The van der Waals surface area contributed by atoms with Gasteiger partial charge in [0.15, 0.2) is 0 Å². The summed E-state index contributed by atoms with van der Waals surface area (Å²) in [6, 6.07) is 2.60. The second kappa shape index (κ2) is 3.25. The summed E-state index contributed by atoms with van der Waals surface area (Å²) in [5.74, 6) is -0.315. The molecule has 0 radical (unpaired) electrons. The predicted molar refractivity (Wildman–Crippen MR) is 42.3 cm³/mol. The third-order valence-electron chi connectivity index (χ3n) is 1.33. The number of halogens is 1. The van der Waals surface area contributed by atoms with Crippen molar-refractivity contribution >= 4 is 5.57 Å². The van der Waals surface area contributed by atoms with E-state index in [9.17, 15) is 4.39 Å². The van der Waals surface area contributed by atoms with E-state index in [2.05, 4.69) is 11.6 Å². The summed E-state index contributed by atoms with van der Waals surface area (Å²) in [4.78, 5) is 3.89. The topological polar surface area (TPSA) is 38.9 Å². The van der Waals surface area contributed by atoms with Crippen LogP contribution in [0.4, 0.5) is 4.39 Å². The van der Waals surface area contributed by atoms with Gasteiger partial charge < -0.3 is 5.73 Å². The quantitative estimate of drug-likeness (QED) is 0.691. The van der Waals surface area contributed by atoms with Crippen LogP contribution in [0.15, 0.2) is 24.9 Å². The first-order valence-electron chi connectivity index (χ1n) is 3.24. The van der Waals surface area contributed by atoms with Crippen LogP contribution in [0.1, 0.15) is 5.69 Å². The summed E-state index contributed by atoms with van der Waals surface area (Å²) in [5.41, 5.74) is 6.46. The van der Waals surface area contributed by atoms with E-state index in [1.54, 1.807) is 0 Å². The Bertz CT molecular complexity index is 271. The highest BCUT2D eigenvalue weighted by atomic mass is 19.1. The Morgan fingerprint density at radius 1 is 1.73 bits per heavy atom. The van der Waals surface area contributed by atoms with Crippen LogP contribution in [0.3, 0.4) is 0 Å². The predicted octanol–water partition coefficient (Wildman–Crippen LogP) is 1.19. The summed E-state index contributed by atoms with van der Waals surface area (Å²) in [5, 5.41) is 0. The van der Waals surface area contributed by atoms with E-state index in [0.29, 0.717) is 17.8 Å². The molecule has 0 saturated carbocycles. The zero-order valence-corrected chi connectivity index (χ0v) is 6.05. The first kappa shape index (κ1) is 7.88. The zero-order chi connectivity index (χ0) is 8.27. The highest BCUT2D eigenvalue weighted by molar-refractivity contribution is 5.60. The van der Waals surface area contributed by atoms with Crippen LogP contribution >= 0.6 is 0 Å². The van der Waals surface area contributed by atoms with Crippen molar-refractivity contribution in [1.82, 2.24) is 4.98 Å². The molecule has 0 aromatic carbocycles. The Labute approximate surface area is 64.6 Å². The molecule has 1 heterocycles. The molecule has 0 unspecified atom stereocenters. The molecule has 0 aliphatic rings. The lowest BCUT2D eigenvalue weighted by molar-refractivity contribution is 0.625. The van der Waals surface area contributed by atoms with Crippen molar-refractivity contribution in [3.8, 4) is 0 Å².